The highest BCUT2D eigenvalue weighted by Crippen LogP contribution is 2.24. The van der Waals surface area contributed by atoms with E-state index in [0.717, 1.165) is 25.1 Å². The molecule has 94 valence electrons. The number of aryl methyl sites for hydroxylation is 1. The van der Waals surface area contributed by atoms with Gasteiger partial charge in [0.2, 0.25) is 0 Å². The third kappa shape index (κ3) is 2.18. The molecular weight excluding hydrogens is 238 g/mol. The number of carbonyl (C=O) groups excluding carboxylic acids is 1. The minimum absolute atomic E-state index is 0.0362. The smallest absolute Gasteiger partial charge is 0.276 e. The lowest BCUT2D eigenvalue weighted by molar-refractivity contribution is 0.0629. The fraction of sp³-hybridized carbons (Fsp3) is 0.667. The molecule has 1 atom stereocenters. The molecule has 4 nitrogen and oxygen atoms in total. The van der Waals surface area contributed by atoms with E-state index in [2.05, 4.69) is 12.0 Å². The lowest BCUT2D eigenvalue weighted by Crippen LogP contribution is -2.42. The average molecular weight is 256 g/mol. The summed E-state index contributed by atoms with van der Waals surface area (Å²) in [6.45, 7) is 4.76. The van der Waals surface area contributed by atoms with Gasteiger partial charge in [-0.05, 0) is 33.1 Å². The number of halogens is 1. The Morgan fingerprint density at radius 3 is 2.71 bits per heavy atom. The molecule has 0 saturated carbocycles. The molecule has 1 aliphatic heterocycles. The Bertz CT molecular complexity index is 441. The predicted octanol–water partition coefficient (Wildman–Crippen LogP) is 2.40. The van der Waals surface area contributed by atoms with Crippen LogP contribution in [0, 0.1) is 6.92 Å². The molecule has 0 aromatic carbocycles. The van der Waals surface area contributed by atoms with E-state index in [-0.39, 0.29) is 11.9 Å². The van der Waals surface area contributed by atoms with E-state index in [9.17, 15) is 4.79 Å². The van der Waals surface area contributed by atoms with Crippen LogP contribution in [0.15, 0.2) is 0 Å². The van der Waals surface area contributed by atoms with Crippen LogP contribution >= 0.6 is 11.6 Å². The molecule has 1 unspecified atom stereocenters. The van der Waals surface area contributed by atoms with E-state index in [4.69, 9.17) is 11.6 Å². The molecule has 1 fully saturated rings. The molecule has 1 amide bonds. The topological polar surface area (TPSA) is 38.1 Å². The molecule has 1 aromatic heterocycles. The van der Waals surface area contributed by atoms with Crippen molar-refractivity contribution < 1.29 is 4.79 Å². The first-order valence-electron chi connectivity index (χ1n) is 6.02. The molecule has 2 rings (SSSR count). The van der Waals surface area contributed by atoms with Crippen LogP contribution in [0.1, 0.15) is 42.4 Å². The van der Waals surface area contributed by atoms with Gasteiger partial charge in [0.1, 0.15) is 0 Å². The van der Waals surface area contributed by atoms with Gasteiger partial charge in [0.05, 0.1) is 10.7 Å². The molecule has 0 N–H and O–H groups in total. The summed E-state index contributed by atoms with van der Waals surface area (Å²) in [6, 6.07) is 0.287. The van der Waals surface area contributed by atoms with Crippen molar-refractivity contribution in [1.82, 2.24) is 14.7 Å². The first-order valence-corrected chi connectivity index (χ1v) is 6.40. The zero-order valence-corrected chi connectivity index (χ0v) is 11.3. The number of piperidine rings is 1. The molecule has 1 aromatic rings. The molecule has 0 radical (unpaired) electrons. The summed E-state index contributed by atoms with van der Waals surface area (Å²) < 4.78 is 1.66. The maximum absolute atomic E-state index is 12.4. The van der Waals surface area contributed by atoms with Crippen molar-refractivity contribution in [3.8, 4) is 0 Å². The minimum Gasteiger partial charge on any atom is -0.335 e. The summed E-state index contributed by atoms with van der Waals surface area (Å²) >= 11 is 6.15. The molecule has 0 bridgehead atoms. The van der Waals surface area contributed by atoms with Gasteiger partial charge in [0, 0.05) is 19.6 Å². The van der Waals surface area contributed by atoms with Gasteiger partial charge in [0.25, 0.3) is 5.91 Å². The summed E-state index contributed by atoms with van der Waals surface area (Å²) in [5.74, 6) is -0.0362. The summed E-state index contributed by atoms with van der Waals surface area (Å²) in [4.78, 5) is 14.2. The van der Waals surface area contributed by atoms with Crippen molar-refractivity contribution >= 4 is 17.5 Å². The molecule has 0 spiro atoms. The van der Waals surface area contributed by atoms with E-state index in [1.165, 1.54) is 6.42 Å². The van der Waals surface area contributed by atoms with Crippen molar-refractivity contribution in [3.05, 3.63) is 16.4 Å². The Balaban J connectivity index is 2.27. The van der Waals surface area contributed by atoms with Crippen molar-refractivity contribution in [1.29, 1.82) is 0 Å². The van der Waals surface area contributed by atoms with Crippen LogP contribution in [-0.2, 0) is 7.05 Å². The molecule has 0 aliphatic carbocycles. The summed E-state index contributed by atoms with van der Waals surface area (Å²) in [6.07, 6.45) is 3.33. The van der Waals surface area contributed by atoms with Gasteiger partial charge in [-0.3, -0.25) is 9.48 Å². The van der Waals surface area contributed by atoms with E-state index in [1.807, 2.05) is 11.8 Å². The zero-order valence-electron chi connectivity index (χ0n) is 10.5. The fourth-order valence-electron chi connectivity index (χ4n) is 2.25. The highest BCUT2D eigenvalue weighted by Gasteiger charge is 2.28. The maximum Gasteiger partial charge on any atom is 0.276 e. The summed E-state index contributed by atoms with van der Waals surface area (Å²) in [7, 11) is 1.80. The van der Waals surface area contributed by atoms with Gasteiger partial charge >= 0.3 is 0 Å². The van der Waals surface area contributed by atoms with Crippen LogP contribution in [0.5, 0.6) is 0 Å². The van der Waals surface area contributed by atoms with Crippen LogP contribution in [-0.4, -0.2) is 33.2 Å². The molecular formula is C12H18ClN3O. The largest absolute Gasteiger partial charge is 0.335 e. The Morgan fingerprint density at radius 1 is 1.47 bits per heavy atom. The molecule has 2 heterocycles. The van der Waals surface area contributed by atoms with Gasteiger partial charge in [-0.1, -0.05) is 11.6 Å². The Morgan fingerprint density at radius 2 is 2.18 bits per heavy atom. The third-order valence-electron chi connectivity index (χ3n) is 3.53. The number of nitrogens with zero attached hydrogens (tertiary/aromatic N) is 3. The summed E-state index contributed by atoms with van der Waals surface area (Å²) in [5.41, 5.74) is 1.22. The van der Waals surface area contributed by atoms with Gasteiger partial charge in [0.15, 0.2) is 5.69 Å². The highest BCUT2D eigenvalue weighted by atomic mass is 35.5. The van der Waals surface area contributed by atoms with E-state index in [0.29, 0.717) is 10.7 Å². The van der Waals surface area contributed by atoms with E-state index >= 15 is 0 Å². The number of carbonyl (C=O) groups is 1. The normalized spacial score (nSPS) is 20.7. The first kappa shape index (κ1) is 12.4. The standard InChI is InChI=1S/C12H18ClN3O/c1-8-6-4-5-7-16(8)12(17)11-10(13)9(2)15(3)14-11/h8H,4-7H2,1-3H3. The number of likely N-dealkylation sites (tertiary alicyclic amines) is 1. The van der Waals surface area contributed by atoms with E-state index in [1.54, 1.807) is 11.7 Å². The van der Waals surface area contributed by atoms with Gasteiger partial charge in [-0.2, -0.15) is 5.10 Å². The van der Waals surface area contributed by atoms with Gasteiger partial charge < -0.3 is 4.90 Å². The molecule has 1 aliphatic rings. The number of hydrogen-bond acceptors (Lipinski definition) is 2. The lowest BCUT2D eigenvalue weighted by Gasteiger charge is -2.32. The Labute approximate surface area is 107 Å². The van der Waals surface area contributed by atoms with Crippen LogP contribution in [0.2, 0.25) is 5.02 Å². The fourth-order valence-corrected chi connectivity index (χ4v) is 2.50. The number of rotatable bonds is 1. The monoisotopic (exact) mass is 255 g/mol. The quantitative estimate of drug-likeness (QED) is 0.773. The zero-order chi connectivity index (χ0) is 12.6. The van der Waals surface area contributed by atoms with Crippen molar-refractivity contribution in [2.24, 2.45) is 7.05 Å². The second-order valence-electron chi connectivity index (χ2n) is 4.71. The van der Waals surface area contributed by atoms with Crippen LogP contribution < -0.4 is 0 Å². The van der Waals surface area contributed by atoms with Crippen LogP contribution in [0.25, 0.3) is 0 Å². The lowest BCUT2D eigenvalue weighted by atomic mass is 10.0. The number of amides is 1. The number of hydrogen-bond donors (Lipinski definition) is 0. The molecule has 5 heteroatoms. The molecule has 17 heavy (non-hydrogen) atoms. The second kappa shape index (κ2) is 4.69. The van der Waals surface area contributed by atoms with Crippen LogP contribution in [0.3, 0.4) is 0 Å². The van der Waals surface area contributed by atoms with Crippen molar-refractivity contribution in [2.45, 2.75) is 39.2 Å². The van der Waals surface area contributed by atoms with Gasteiger partial charge in [-0.25, -0.2) is 0 Å². The SMILES string of the molecule is Cc1c(Cl)c(C(=O)N2CCCCC2C)nn1C. The highest BCUT2D eigenvalue weighted by molar-refractivity contribution is 6.34. The summed E-state index contributed by atoms with van der Waals surface area (Å²) in [5, 5.41) is 4.69. The third-order valence-corrected chi connectivity index (χ3v) is 3.98. The van der Waals surface area contributed by atoms with Crippen molar-refractivity contribution in [3.63, 3.8) is 0 Å². The molecule has 1 saturated heterocycles. The minimum atomic E-state index is -0.0362. The maximum atomic E-state index is 12.4. The van der Waals surface area contributed by atoms with Crippen LogP contribution in [0.4, 0.5) is 0 Å². The van der Waals surface area contributed by atoms with Gasteiger partial charge in [-0.15, -0.1) is 0 Å². The predicted molar refractivity (Wildman–Crippen MR) is 67.3 cm³/mol. The Kier molecular flexibility index (Phi) is 3.43. The van der Waals surface area contributed by atoms with E-state index < -0.39 is 0 Å². The first-order chi connectivity index (χ1) is 8.02. The Hall–Kier alpha value is -1.03. The number of aromatic nitrogens is 2. The second-order valence-corrected chi connectivity index (χ2v) is 5.09. The van der Waals surface area contributed by atoms with Crippen molar-refractivity contribution in [2.75, 3.05) is 6.54 Å². The average Bonchev–Trinajstić information content (AvgIpc) is 2.57.